The third kappa shape index (κ3) is 1.95. The zero-order valence-electron chi connectivity index (χ0n) is 9.73. The molecule has 90 valence electrons. The van der Waals surface area contributed by atoms with E-state index in [0.29, 0.717) is 11.5 Å². The first-order chi connectivity index (χ1) is 8.28. The summed E-state index contributed by atoms with van der Waals surface area (Å²) in [6.45, 7) is 0.822. The summed E-state index contributed by atoms with van der Waals surface area (Å²) in [6, 6.07) is 5.36. The van der Waals surface area contributed by atoms with Crippen molar-refractivity contribution in [2.45, 2.75) is 18.9 Å². The molecule has 0 bridgehead atoms. The zero-order valence-corrected chi connectivity index (χ0v) is 9.73. The van der Waals surface area contributed by atoms with Crippen molar-refractivity contribution in [2.24, 2.45) is 5.92 Å². The van der Waals surface area contributed by atoms with Gasteiger partial charge in [-0.25, -0.2) is 4.79 Å². The summed E-state index contributed by atoms with van der Waals surface area (Å²) < 4.78 is 10.6. The molecule has 1 N–H and O–H groups in total. The predicted molar refractivity (Wildman–Crippen MR) is 63.4 cm³/mol. The lowest BCUT2D eigenvalue weighted by Gasteiger charge is -2.27. The maximum absolute atomic E-state index is 11.4. The first-order valence-corrected chi connectivity index (χ1v) is 5.91. The largest absolute Gasteiger partial charge is 0.486 e. The molecule has 0 radical (unpaired) electrons. The number of hydrogen-bond acceptors (Lipinski definition) is 4. The lowest BCUT2D eigenvalue weighted by atomic mass is 10.1. The Kier molecular flexibility index (Phi) is 2.42. The van der Waals surface area contributed by atoms with Gasteiger partial charge in [0.05, 0.1) is 24.9 Å². The normalized spacial score (nSPS) is 22.1. The Hall–Kier alpha value is -1.71. The van der Waals surface area contributed by atoms with Crippen LogP contribution in [0.2, 0.25) is 0 Å². The maximum atomic E-state index is 11.4. The van der Waals surface area contributed by atoms with Gasteiger partial charge in [-0.3, -0.25) is 0 Å². The van der Waals surface area contributed by atoms with E-state index < -0.39 is 0 Å². The first-order valence-electron chi connectivity index (χ1n) is 5.91. The number of methoxy groups -OCH3 is 1. The number of benzene rings is 1. The van der Waals surface area contributed by atoms with E-state index in [9.17, 15) is 4.79 Å². The molecule has 1 aliphatic heterocycles. The lowest BCUT2D eigenvalue weighted by Crippen LogP contribution is -2.32. The molecule has 17 heavy (non-hydrogen) atoms. The summed E-state index contributed by atoms with van der Waals surface area (Å²) in [6.07, 6.45) is 2.82. The number of anilines is 1. The fourth-order valence-corrected chi connectivity index (χ4v) is 2.16. The molecular weight excluding hydrogens is 218 g/mol. The molecule has 1 aliphatic carbocycles. The number of carbonyl (C=O) groups is 1. The summed E-state index contributed by atoms with van der Waals surface area (Å²) >= 11 is 0. The molecule has 1 saturated carbocycles. The van der Waals surface area contributed by atoms with E-state index in [-0.39, 0.29) is 12.1 Å². The third-order valence-electron chi connectivity index (χ3n) is 3.32. The number of esters is 1. The Bertz CT molecular complexity index is 454. The van der Waals surface area contributed by atoms with Gasteiger partial charge in [0, 0.05) is 0 Å². The van der Waals surface area contributed by atoms with Crippen molar-refractivity contribution >= 4 is 11.7 Å². The molecular formula is C13H15NO3. The predicted octanol–water partition coefficient (Wildman–Crippen LogP) is 2.06. The smallest absolute Gasteiger partial charge is 0.337 e. The van der Waals surface area contributed by atoms with E-state index in [1.165, 1.54) is 20.0 Å². The van der Waals surface area contributed by atoms with Gasteiger partial charge < -0.3 is 14.8 Å². The van der Waals surface area contributed by atoms with Gasteiger partial charge in [0.15, 0.2) is 0 Å². The molecule has 1 fully saturated rings. The van der Waals surface area contributed by atoms with Crippen LogP contribution in [0.5, 0.6) is 5.75 Å². The highest BCUT2D eigenvalue weighted by Gasteiger charge is 2.35. The van der Waals surface area contributed by atoms with Crippen LogP contribution >= 0.6 is 0 Å². The molecule has 1 atom stereocenters. The second-order valence-corrected chi connectivity index (χ2v) is 4.58. The van der Waals surface area contributed by atoms with Gasteiger partial charge in [-0.15, -0.1) is 0 Å². The van der Waals surface area contributed by atoms with Gasteiger partial charge in [0.25, 0.3) is 0 Å². The number of hydrogen-bond donors (Lipinski definition) is 1. The lowest BCUT2D eigenvalue weighted by molar-refractivity contribution is 0.0600. The summed E-state index contributed by atoms with van der Waals surface area (Å²) in [5, 5.41) is 3.32. The highest BCUT2D eigenvalue weighted by Crippen LogP contribution is 2.39. The number of carbonyl (C=O) groups excluding carboxylic acids is 1. The van der Waals surface area contributed by atoms with Crippen LogP contribution < -0.4 is 10.1 Å². The maximum Gasteiger partial charge on any atom is 0.337 e. The third-order valence-corrected chi connectivity index (χ3v) is 3.32. The second kappa shape index (κ2) is 3.95. The fraction of sp³-hybridized carbons (Fsp3) is 0.462. The fourth-order valence-electron chi connectivity index (χ4n) is 2.16. The minimum absolute atomic E-state index is 0.284. The van der Waals surface area contributed by atoms with Crippen LogP contribution in [0.3, 0.4) is 0 Å². The van der Waals surface area contributed by atoms with Crippen LogP contribution in [0.25, 0.3) is 0 Å². The first kappa shape index (κ1) is 10.4. The van der Waals surface area contributed by atoms with E-state index in [1.807, 2.05) is 6.07 Å². The number of nitrogens with one attached hydrogen (secondary N) is 1. The van der Waals surface area contributed by atoms with Crippen molar-refractivity contribution < 1.29 is 14.3 Å². The average molecular weight is 233 g/mol. The standard InChI is InChI=1S/C13H15NO3/c1-16-13(15)9-4-5-11-10(6-9)14-7-12(17-11)8-2-3-8/h4-6,8,12,14H,2-3,7H2,1H3. The molecule has 0 spiro atoms. The van der Waals surface area contributed by atoms with Crippen molar-refractivity contribution in [2.75, 3.05) is 19.0 Å². The van der Waals surface area contributed by atoms with E-state index in [2.05, 4.69) is 10.1 Å². The van der Waals surface area contributed by atoms with E-state index >= 15 is 0 Å². The van der Waals surface area contributed by atoms with Gasteiger partial charge >= 0.3 is 5.97 Å². The van der Waals surface area contributed by atoms with Crippen molar-refractivity contribution in [3.63, 3.8) is 0 Å². The number of fused-ring (bicyclic) bond motifs is 1. The quantitative estimate of drug-likeness (QED) is 0.794. The molecule has 1 aromatic carbocycles. The van der Waals surface area contributed by atoms with E-state index in [1.54, 1.807) is 12.1 Å². The minimum atomic E-state index is -0.320. The van der Waals surface area contributed by atoms with Crippen molar-refractivity contribution in [1.29, 1.82) is 0 Å². The van der Waals surface area contributed by atoms with Crippen LogP contribution in [0, 0.1) is 5.92 Å². The number of rotatable bonds is 2. The molecule has 4 nitrogen and oxygen atoms in total. The van der Waals surface area contributed by atoms with Gasteiger partial charge in [0.1, 0.15) is 11.9 Å². The number of ether oxygens (including phenoxy) is 2. The topological polar surface area (TPSA) is 47.6 Å². The molecule has 3 rings (SSSR count). The van der Waals surface area contributed by atoms with E-state index in [0.717, 1.165) is 18.0 Å². The summed E-state index contributed by atoms with van der Waals surface area (Å²) in [7, 11) is 1.38. The second-order valence-electron chi connectivity index (χ2n) is 4.58. The van der Waals surface area contributed by atoms with Crippen molar-refractivity contribution in [3.05, 3.63) is 23.8 Å². The van der Waals surface area contributed by atoms with Crippen LogP contribution in [0.4, 0.5) is 5.69 Å². The van der Waals surface area contributed by atoms with Crippen LogP contribution in [-0.4, -0.2) is 25.7 Å². The molecule has 2 aliphatic rings. The van der Waals surface area contributed by atoms with Crippen LogP contribution in [0.15, 0.2) is 18.2 Å². The van der Waals surface area contributed by atoms with E-state index in [4.69, 9.17) is 4.74 Å². The Morgan fingerprint density at radius 2 is 2.29 bits per heavy atom. The molecule has 0 aromatic heterocycles. The minimum Gasteiger partial charge on any atom is -0.486 e. The molecule has 0 amide bonds. The van der Waals surface area contributed by atoms with Crippen LogP contribution in [0.1, 0.15) is 23.2 Å². The highest BCUT2D eigenvalue weighted by atomic mass is 16.5. The Morgan fingerprint density at radius 1 is 1.47 bits per heavy atom. The molecule has 4 heteroatoms. The molecule has 1 aromatic rings. The van der Waals surface area contributed by atoms with Gasteiger partial charge in [0.2, 0.25) is 0 Å². The summed E-state index contributed by atoms with van der Waals surface area (Å²) in [4.78, 5) is 11.4. The Balaban J connectivity index is 1.82. The molecule has 0 saturated heterocycles. The van der Waals surface area contributed by atoms with Gasteiger partial charge in [-0.1, -0.05) is 0 Å². The monoisotopic (exact) mass is 233 g/mol. The molecule has 1 unspecified atom stereocenters. The van der Waals surface area contributed by atoms with Crippen molar-refractivity contribution in [1.82, 2.24) is 0 Å². The molecule has 1 heterocycles. The summed E-state index contributed by atoms with van der Waals surface area (Å²) in [5.74, 6) is 1.22. The van der Waals surface area contributed by atoms with Crippen LogP contribution in [-0.2, 0) is 4.74 Å². The zero-order chi connectivity index (χ0) is 11.8. The SMILES string of the molecule is COC(=O)c1ccc2c(c1)NCC(C1CC1)O2. The Morgan fingerprint density at radius 3 is 3.00 bits per heavy atom. The van der Waals surface area contributed by atoms with Gasteiger partial charge in [-0.05, 0) is 37.0 Å². The summed E-state index contributed by atoms with van der Waals surface area (Å²) in [5.41, 5.74) is 1.43. The highest BCUT2D eigenvalue weighted by molar-refractivity contribution is 5.91. The van der Waals surface area contributed by atoms with Gasteiger partial charge in [-0.2, -0.15) is 0 Å². The van der Waals surface area contributed by atoms with Crippen molar-refractivity contribution in [3.8, 4) is 5.75 Å². The average Bonchev–Trinajstić information content (AvgIpc) is 3.21. The Labute approximate surface area is 99.9 Å².